The van der Waals surface area contributed by atoms with E-state index in [-0.39, 0.29) is 24.4 Å². The minimum Gasteiger partial charge on any atom is -0.334 e. The van der Waals surface area contributed by atoms with Crippen molar-refractivity contribution in [2.45, 2.75) is 37.5 Å². The van der Waals surface area contributed by atoms with Gasteiger partial charge in [-0.05, 0) is 19.3 Å². The number of nitrogens with zero attached hydrogens (tertiary/aromatic N) is 1. The molecule has 4 unspecified atom stereocenters. The SMILES string of the molecule is O=C(C1CC1C(F)(F)F)N1C2CCC1CNC2. The molecule has 0 aromatic rings. The van der Waals surface area contributed by atoms with Crippen LogP contribution in [0.3, 0.4) is 0 Å². The van der Waals surface area contributed by atoms with Crippen molar-refractivity contribution >= 4 is 5.91 Å². The quantitative estimate of drug-likeness (QED) is 0.755. The van der Waals surface area contributed by atoms with Gasteiger partial charge in [0.1, 0.15) is 0 Å². The molecule has 1 N–H and O–H groups in total. The van der Waals surface area contributed by atoms with E-state index in [2.05, 4.69) is 5.32 Å². The molecule has 1 aliphatic carbocycles. The average Bonchev–Trinajstić information content (AvgIpc) is 3.00. The summed E-state index contributed by atoms with van der Waals surface area (Å²) in [5.74, 6) is -2.44. The van der Waals surface area contributed by atoms with Gasteiger partial charge in [0.15, 0.2) is 0 Å². The maximum absolute atomic E-state index is 12.4. The van der Waals surface area contributed by atoms with Crippen molar-refractivity contribution in [3.8, 4) is 0 Å². The zero-order chi connectivity index (χ0) is 12.2. The van der Waals surface area contributed by atoms with Gasteiger partial charge in [-0.3, -0.25) is 4.79 Å². The number of rotatable bonds is 1. The molecule has 0 aromatic carbocycles. The van der Waals surface area contributed by atoms with Gasteiger partial charge < -0.3 is 10.2 Å². The highest BCUT2D eigenvalue weighted by Crippen LogP contribution is 2.51. The zero-order valence-corrected chi connectivity index (χ0v) is 9.33. The molecular formula is C11H15F3N2O. The van der Waals surface area contributed by atoms with Crippen LogP contribution in [0.25, 0.3) is 0 Å². The maximum atomic E-state index is 12.4. The van der Waals surface area contributed by atoms with Gasteiger partial charge in [-0.2, -0.15) is 13.2 Å². The van der Waals surface area contributed by atoms with Crippen LogP contribution in [0.4, 0.5) is 13.2 Å². The fraction of sp³-hybridized carbons (Fsp3) is 0.909. The minimum atomic E-state index is -4.20. The van der Waals surface area contributed by atoms with E-state index < -0.39 is 18.0 Å². The summed E-state index contributed by atoms with van der Waals surface area (Å²) < 4.78 is 37.3. The fourth-order valence-corrected chi connectivity index (χ4v) is 3.16. The van der Waals surface area contributed by atoms with Crippen LogP contribution < -0.4 is 5.32 Å². The van der Waals surface area contributed by atoms with E-state index in [9.17, 15) is 18.0 Å². The Balaban J connectivity index is 1.68. The Hall–Kier alpha value is -0.780. The van der Waals surface area contributed by atoms with Gasteiger partial charge in [-0.15, -0.1) is 0 Å². The van der Waals surface area contributed by atoms with Crippen LogP contribution in [0.1, 0.15) is 19.3 Å². The van der Waals surface area contributed by atoms with Crippen LogP contribution >= 0.6 is 0 Å². The van der Waals surface area contributed by atoms with Crippen molar-refractivity contribution < 1.29 is 18.0 Å². The molecule has 1 amide bonds. The standard InChI is InChI=1S/C11H15F3N2O/c12-11(13,14)9-3-8(9)10(17)16-6-1-2-7(16)5-15-4-6/h6-9,15H,1-5H2. The first-order chi connectivity index (χ1) is 7.98. The Labute approximate surface area is 97.3 Å². The highest BCUT2D eigenvalue weighted by Gasteiger charge is 2.61. The van der Waals surface area contributed by atoms with E-state index in [1.165, 1.54) is 0 Å². The van der Waals surface area contributed by atoms with Crippen LogP contribution in [0, 0.1) is 11.8 Å². The van der Waals surface area contributed by atoms with Gasteiger partial charge >= 0.3 is 6.18 Å². The number of carbonyl (C=O) groups excluding carboxylic acids is 1. The number of piperazine rings is 1. The largest absolute Gasteiger partial charge is 0.392 e. The maximum Gasteiger partial charge on any atom is 0.392 e. The third-order valence-electron chi connectivity index (χ3n) is 4.16. The fourth-order valence-electron chi connectivity index (χ4n) is 3.16. The van der Waals surface area contributed by atoms with Gasteiger partial charge in [-0.1, -0.05) is 0 Å². The molecule has 3 nitrogen and oxygen atoms in total. The molecule has 3 rings (SSSR count). The summed E-state index contributed by atoms with van der Waals surface area (Å²) in [4.78, 5) is 13.8. The van der Waals surface area contributed by atoms with Gasteiger partial charge in [0.25, 0.3) is 0 Å². The van der Waals surface area contributed by atoms with E-state index >= 15 is 0 Å². The lowest BCUT2D eigenvalue weighted by Gasteiger charge is -2.35. The highest BCUT2D eigenvalue weighted by atomic mass is 19.4. The first-order valence-electron chi connectivity index (χ1n) is 6.08. The molecule has 2 heterocycles. The van der Waals surface area contributed by atoms with Crippen LogP contribution in [-0.2, 0) is 4.79 Å². The van der Waals surface area contributed by atoms with Crippen LogP contribution in [0.5, 0.6) is 0 Å². The Morgan fingerprint density at radius 2 is 1.76 bits per heavy atom. The van der Waals surface area contributed by atoms with E-state index in [1.54, 1.807) is 4.90 Å². The average molecular weight is 248 g/mol. The van der Waals surface area contributed by atoms with Gasteiger partial charge in [0.2, 0.25) is 5.91 Å². The van der Waals surface area contributed by atoms with Gasteiger partial charge in [0, 0.05) is 25.2 Å². The van der Waals surface area contributed by atoms with E-state index in [0.29, 0.717) is 0 Å². The zero-order valence-electron chi connectivity index (χ0n) is 9.33. The molecule has 2 aliphatic heterocycles. The summed E-state index contributed by atoms with van der Waals surface area (Å²) in [6, 6.07) is 0.242. The van der Waals surface area contributed by atoms with Crippen molar-refractivity contribution in [3.05, 3.63) is 0 Å². The number of nitrogens with one attached hydrogen (secondary N) is 1. The molecule has 3 aliphatic rings. The highest BCUT2D eigenvalue weighted by molar-refractivity contribution is 5.83. The summed E-state index contributed by atoms with van der Waals surface area (Å²) in [7, 11) is 0. The van der Waals surface area contributed by atoms with E-state index in [0.717, 1.165) is 25.9 Å². The number of alkyl halides is 3. The van der Waals surface area contributed by atoms with E-state index in [4.69, 9.17) is 0 Å². The Morgan fingerprint density at radius 1 is 1.18 bits per heavy atom. The Bertz CT molecular complexity index is 328. The number of carbonyl (C=O) groups is 1. The van der Waals surface area contributed by atoms with Crippen LogP contribution in [0.2, 0.25) is 0 Å². The summed E-state index contributed by atoms with van der Waals surface area (Å²) >= 11 is 0. The predicted molar refractivity (Wildman–Crippen MR) is 54.2 cm³/mol. The number of fused-ring (bicyclic) bond motifs is 2. The van der Waals surface area contributed by atoms with Gasteiger partial charge in [-0.25, -0.2) is 0 Å². The molecule has 0 aromatic heterocycles. The number of amides is 1. The molecule has 0 spiro atoms. The monoisotopic (exact) mass is 248 g/mol. The summed E-state index contributed by atoms with van der Waals surface area (Å²) in [6.07, 6.45) is -2.36. The minimum absolute atomic E-state index is 0.00823. The molecule has 1 saturated carbocycles. The van der Waals surface area contributed by atoms with Gasteiger partial charge in [0.05, 0.1) is 11.8 Å². The molecule has 2 bridgehead atoms. The lowest BCUT2D eigenvalue weighted by atomic mass is 10.1. The first-order valence-corrected chi connectivity index (χ1v) is 6.08. The predicted octanol–water partition coefficient (Wildman–Crippen LogP) is 1.15. The summed E-state index contributed by atoms with van der Waals surface area (Å²) in [5, 5.41) is 3.22. The van der Waals surface area contributed by atoms with Crippen LogP contribution in [-0.4, -0.2) is 42.2 Å². The lowest BCUT2D eigenvalue weighted by molar-refractivity contribution is -0.158. The Kier molecular flexibility index (Phi) is 2.40. The summed E-state index contributed by atoms with van der Waals surface area (Å²) in [6.45, 7) is 1.46. The molecule has 3 fully saturated rings. The first kappa shape index (κ1) is 11.3. The number of hydrogen-bond acceptors (Lipinski definition) is 2. The molecule has 0 radical (unpaired) electrons. The van der Waals surface area contributed by atoms with Crippen molar-refractivity contribution in [1.82, 2.24) is 10.2 Å². The van der Waals surface area contributed by atoms with Crippen molar-refractivity contribution in [2.24, 2.45) is 11.8 Å². The molecule has 2 saturated heterocycles. The van der Waals surface area contributed by atoms with Crippen molar-refractivity contribution in [2.75, 3.05) is 13.1 Å². The normalized spacial score (nSPS) is 40.5. The third kappa shape index (κ3) is 1.82. The molecule has 6 heteroatoms. The second-order valence-corrected chi connectivity index (χ2v) is 5.28. The summed E-state index contributed by atoms with van der Waals surface area (Å²) in [5.41, 5.74) is 0. The Morgan fingerprint density at radius 3 is 2.24 bits per heavy atom. The van der Waals surface area contributed by atoms with Crippen LogP contribution in [0.15, 0.2) is 0 Å². The third-order valence-corrected chi connectivity index (χ3v) is 4.16. The molecular weight excluding hydrogens is 233 g/mol. The molecule has 4 atom stereocenters. The van der Waals surface area contributed by atoms with Crippen molar-refractivity contribution in [1.29, 1.82) is 0 Å². The topological polar surface area (TPSA) is 32.3 Å². The van der Waals surface area contributed by atoms with E-state index in [1.807, 2.05) is 0 Å². The lowest BCUT2D eigenvalue weighted by Crippen LogP contribution is -2.54. The van der Waals surface area contributed by atoms with Crippen molar-refractivity contribution in [3.63, 3.8) is 0 Å². The number of halogens is 3. The number of hydrogen-bond donors (Lipinski definition) is 1. The molecule has 17 heavy (non-hydrogen) atoms. The second kappa shape index (κ2) is 3.60. The molecule has 96 valence electrons. The second-order valence-electron chi connectivity index (χ2n) is 5.28. The smallest absolute Gasteiger partial charge is 0.334 e.